The van der Waals surface area contributed by atoms with Crippen LogP contribution in [0.2, 0.25) is 0 Å². The number of benzene rings is 2. The van der Waals surface area contributed by atoms with E-state index in [4.69, 9.17) is 0 Å². The van der Waals surface area contributed by atoms with Gasteiger partial charge in [-0.15, -0.1) is 0 Å². The molecule has 0 spiro atoms. The highest BCUT2D eigenvalue weighted by Crippen LogP contribution is 2.33. The van der Waals surface area contributed by atoms with Gasteiger partial charge in [-0.25, -0.2) is 9.18 Å². The van der Waals surface area contributed by atoms with Gasteiger partial charge >= 0.3 is 5.97 Å². The Labute approximate surface area is 158 Å². The molecule has 0 saturated carbocycles. The lowest BCUT2D eigenvalue weighted by Crippen LogP contribution is -2.29. The molecule has 0 aliphatic heterocycles. The van der Waals surface area contributed by atoms with E-state index in [1.165, 1.54) is 28.8 Å². The van der Waals surface area contributed by atoms with Gasteiger partial charge in [-0.2, -0.15) is 0 Å². The van der Waals surface area contributed by atoms with Crippen LogP contribution in [0.1, 0.15) is 24.3 Å². The van der Waals surface area contributed by atoms with Crippen molar-refractivity contribution in [1.82, 2.24) is 4.57 Å². The maximum absolute atomic E-state index is 13.4. The minimum absolute atomic E-state index is 0.0825. The van der Waals surface area contributed by atoms with Crippen molar-refractivity contribution < 1.29 is 14.3 Å². The first-order valence-electron chi connectivity index (χ1n) is 8.15. The van der Waals surface area contributed by atoms with Crippen LogP contribution in [0.5, 0.6) is 0 Å². The van der Waals surface area contributed by atoms with E-state index in [1.54, 1.807) is 18.2 Å². The Kier molecular flexibility index (Phi) is 4.96. The third-order valence-electron chi connectivity index (χ3n) is 4.12. The number of pyridine rings is 1. The molecule has 134 valence electrons. The molecule has 1 heterocycles. The van der Waals surface area contributed by atoms with Crippen LogP contribution in [-0.2, 0) is 6.54 Å². The van der Waals surface area contributed by atoms with Gasteiger partial charge in [0, 0.05) is 22.0 Å². The number of fused-ring (bicyclic) bond motifs is 1. The summed E-state index contributed by atoms with van der Waals surface area (Å²) in [7, 11) is 0. The van der Waals surface area contributed by atoms with Gasteiger partial charge in [0.1, 0.15) is 11.5 Å². The van der Waals surface area contributed by atoms with Crippen molar-refractivity contribution in [3.63, 3.8) is 0 Å². The molecule has 0 amide bonds. The summed E-state index contributed by atoms with van der Waals surface area (Å²) in [6.07, 6.45) is 0. The van der Waals surface area contributed by atoms with E-state index in [0.717, 1.165) is 4.47 Å². The highest BCUT2D eigenvalue weighted by atomic mass is 79.9. The van der Waals surface area contributed by atoms with Crippen LogP contribution < -0.4 is 5.56 Å². The average molecular weight is 418 g/mol. The van der Waals surface area contributed by atoms with Crippen LogP contribution in [0.25, 0.3) is 21.9 Å². The van der Waals surface area contributed by atoms with Crippen molar-refractivity contribution in [3.8, 4) is 11.1 Å². The number of carbonyl (C=O) groups is 1. The molecule has 0 fully saturated rings. The van der Waals surface area contributed by atoms with Crippen molar-refractivity contribution in [2.75, 3.05) is 0 Å². The fourth-order valence-corrected chi connectivity index (χ4v) is 3.45. The maximum Gasteiger partial charge on any atom is 0.353 e. The number of carboxylic acids is 1. The third-order valence-corrected chi connectivity index (χ3v) is 4.61. The Hall–Kier alpha value is -2.47. The number of aromatic carboxylic acids is 1. The van der Waals surface area contributed by atoms with Gasteiger partial charge in [-0.05, 0) is 47.2 Å². The molecule has 6 heteroatoms. The molecular weight excluding hydrogens is 401 g/mol. The molecule has 0 aliphatic rings. The zero-order valence-corrected chi connectivity index (χ0v) is 15.9. The average Bonchev–Trinajstić information content (AvgIpc) is 2.57. The molecule has 26 heavy (non-hydrogen) atoms. The van der Waals surface area contributed by atoms with E-state index in [2.05, 4.69) is 15.9 Å². The molecule has 0 saturated heterocycles. The van der Waals surface area contributed by atoms with E-state index in [1.807, 2.05) is 13.8 Å². The highest BCUT2D eigenvalue weighted by molar-refractivity contribution is 9.10. The summed E-state index contributed by atoms with van der Waals surface area (Å²) in [6, 6.07) is 10.8. The Morgan fingerprint density at radius 3 is 2.38 bits per heavy atom. The van der Waals surface area contributed by atoms with Crippen LogP contribution in [0.15, 0.2) is 51.7 Å². The minimum Gasteiger partial charge on any atom is -0.477 e. The smallest absolute Gasteiger partial charge is 0.353 e. The fraction of sp³-hybridized carbons (Fsp3) is 0.200. The largest absolute Gasteiger partial charge is 0.477 e. The molecule has 2 aromatic carbocycles. The summed E-state index contributed by atoms with van der Waals surface area (Å²) in [5, 5.41) is 10.8. The fourth-order valence-electron chi connectivity index (χ4n) is 3.09. The van der Waals surface area contributed by atoms with Gasteiger partial charge in [-0.3, -0.25) is 4.79 Å². The number of rotatable bonds is 4. The Bertz CT molecular complexity index is 1060. The first-order valence-corrected chi connectivity index (χ1v) is 8.94. The normalized spacial score (nSPS) is 11.3. The van der Waals surface area contributed by atoms with E-state index < -0.39 is 11.8 Å². The summed E-state index contributed by atoms with van der Waals surface area (Å²) in [6.45, 7) is 4.11. The van der Waals surface area contributed by atoms with E-state index in [0.29, 0.717) is 21.9 Å². The molecular formula is C20H17BrFNO3. The predicted molar refractivity (Wildman–Crippen MR) is 103 cm³/mol. The Balaban J connectivity index is 2.53. The van der Waals surface area contributed by atoms with Gasteiger partial charge in [-0.1, -0.05) is 41.9 Å². The lowest BCUT2D eigenvalue weighted by Gasteiger charge is -2.19. The molecule has 1 aromatic heterocycles. The van der Waals surface area contributed by atoms with Gasteiger partial charge < -0.3 is 9.67 Å². The molecule has 3 aromatic rings. The molecule has 0 radical (unpaired) electrons. The van der Waals surface area contributed by atoms with Gasteiger partial charge in [0.2, 0.25) is 0 Å². The zero-order valence-electron chi connectivity index (χ0n) is 14.3. The third kappa shape index (κ3) is 3.29. The maximum atomic E-state index is 13.4. The first kappa shape index (κ1) is 18.3. The van der Waals surface area contributed by atoms with Crippen molar-refractivity contribution in [2.24, 2.45) is 5.92 Å². The number of halogens is 2. The zero-order chi connectivity index (χ0) is 19.0. The SMILES string of the molecule is CC(C)Cn1c(C(=O)O)c(-c2ccc(F)cc2)c2cc(Br)ccc2c1=O. The summed E-state index contributed by atoms with van der Waals surface area (Å²) in [4.78, 5) is 25.1. The minimum atomic E-state index is -1.19. The van der Waals surface area contributed by atoms with Crippen LogP contribution in [-0.4, -0.2) is 15.6 Å². The second-order valence-electron chi connectivity index (χ2n) is 6.54. The predicted octanol–water partition coefficient (Wildman–Crippen LogP) is 4.92. The quantitative estimate of drug-likeness (QED) is 0.654. The van der Waals surface area contributed by atoms with Gasteiger partial charge in [0.15, 0.2) is 0 Å². The molecule has 1 N–H and O–H groups in total. The summed E-state index contributed by atoms with van der Waals surface area (Å²) in [5.41, 5.74) is 0.531. The van der Waals surface area contributed by atoms with Gasteiger partial charge in [0.05, 0.1) is 0 Å². The van der Waals surface area contributed by atoms with Crippen LogP contribution in [0.3, 0.4) is 0 Å². The lowest BCUT2D eigenvalue weighted by atomic mass is 9.96. The number of hydrogen-bond acceptors (Lipinski definition) is 2. The van der Waals surface area contributed by atoms with Crippen molar-refractivity contribution in [2.45, 2.75) is 20.4 Å². The van der Waals surface area contributed by atoms with Gasteiger partial charge in [0.25, 0.3) is 5.56 Å². The van der Waals surface area contributed by atoms with E-state index >= 15 is 0 Å². The molecule has 4 nitrogen and oxygen atoms in total. The van der Waals surface area contributed by atoms with Crippen LogP contribution >= 0.6 is 15.9 Å². The summed E-state index contributed by atoms with van der Waals surface area (Å²) < 4.78 is 15.4. The molecule has 0 unspecified atom stereocenters. The second kappa shape index (κ2) is 7.03. The van der Waals surface area contributed by atoms with E-state index in [-0.39, 0.29) is 23.7 Å². The van der Waals surface area contributed by atoms with E-state index in [9.17, 15) is 19.1 Å². The monoisotopic (exact) mass is 417 g/mol. The second-order valence-corrected chi connectivity index (χ2v) is 7.45. The lowest BCUT2D eigenvalue weighted by molar-refractivity contribution is 0.0684. The topological polar surface area (TPSA) is 59.3 Å². The highest BCUT2D eigenvalue weighted by Gasteiger charge is 2.23. The number of aromatic nitrogens is 1. The number of carboxylic acid groups (broad SMARTS) is 1. The Morgan fingerprint density at radius 2 is 1.81 bits per heavy atom. The molecule has 0 atom stereocenters. The van der Waals surface area contributed by atoms with Crippen molar-refractivity contribution in [3.05, 3.63) is 68.8 Å². The van der Waals surface area contributed by atoms with Crippen molar-refractivity contribution >= 4 is 32.7 Å². The summed E-state index contributed by atoms with van der Waals surface area (Å²) in [5.74, 6) is -1.52. The van der Waals surface area contributed by atoms with Crippen LogP contribution in [0.4, 0.5) is 4.39 Å². The molecule has 0 aliphatic carbocycles. The number of nitrogens with zero attached hydrogens (tertiary/aromatic N) is 1. The molecule has 0 bridgehead atoms. The first-order chi connectivity index (χ1) is 12.3. The number of hydrogen-bond donors (Lipinski definition) is 1. The standard InChI is InChI=1S/C20H17BrFNO3/c1-11(2)10-23-18(20(25)26)17(12-3-6-14(22)7-4-12)16-9-13(21)5-8-15(16)19(23)24/h3-9,11H,10H2,1-2H3,(H,25,26). The molecule has 3 rings (SSSR count). The summed E-state index contributed by atoms with van der Waals surface area (Å²) >= 11 is 3.38. The Morgan fingerprint density at radius 1 is 1.15 bits per heavy atom. The van der Waals surface area contributed by atoms with Crippen LogP contribution in [0, 0.1) is 11.7 Å². The van der Waals surface area contributed by atoms with Crippen molar-refractivity contribution in [1.29, 1.82) is 0 Å².